The molecule has 2 aromatic carbocycles. The van der Waals surface area contributed by atoms with Crippen LogP contribution in [0.2, 0.25) is 0 Å². The van der Waals surface area contributed by atoms with Crippen molar-refractivity contribution in [2.24, 2.45) is 0 Å². The lowest BCUT2D eigenvalue weighted by atomic mass is 10.1. The first-order valence-electron chi connectivity index (χ1n) is 6.01. The Morgan fingerprint density at radius 3 is 2.47 bits per heavy atom. The Labute approximate surface area is 115 Å². The number of rotatable bonds is 1. The average molecular weight is 273 g/mol. The van der Waals surface area contributed by atoms with E-state index < -0.39 is 17.3 Å². The number of hydrogen-bond acceptors (Lipinski definition) is 2. The third-order valence-corrected chi connectivity index (χ3v) is 4.42. The maximum absolute atomic E-state index is 14.3. The second kappa shape index (κ2) is 5.05. The van der Waals surface area contributed by atoms with Crippen molar-refractivity contribution in [2.45, 2.75) is 16.3 Å². The minimum atomic E-state index is -1.56. The Morgan fingerprint density at radius 2 is 1.68 bits per heavy atom. The van der Waals surface area contributed by atoms with E-state index in [1.54, 1.807) is 6.07 Å². The van der Waals surface area contributed by atoms with E-state index in [0.29, 0.717) is 5.69 Å². The van der Waals surface area contributed by atoms with Crippen LogP contribution < -0.4 is 5.32 Å². The summed E-state index contributed by atoms with van der Waals surface area (Å²) in [5.41, 5.74) is 1.51. The predicted molar refractivity (Wildman–Crippen MR) is 75.0 cm³/mol. The summed E-state index contributed by atoms with van der Waals surface area (Å²) in [5, 5.41) is 2.13. The number of benzene rings is 2. The molecule has 1 heterocycles. The van der Waals surface area contributed by atoms with Crippen molar-refractivity contribution in [3.8, 4) is 0 Å². The number of alkyl halides is 1. The second-order valence-corrected chi connectivity index (χ2v) is 5.52. The molecule has 2 aromatic rings. The molecule has 1 N–H and O–H groups in total. The number of carbonyl (C=O) groups is 1. The van der Waals surface area contributed by atoms with Gasteiger partial charge in [-0.3, -0.25) is 4.79 Å². The number of thioether (sulfide) groups is 1. The summed E-state index contributed by atoms with van der Waals surface area (Å²) in [6, 6.07) is 16.7. The Bertz CT molecular complexity index is 602. The largest absolute Gasteiger partial charge is 0.322 e. The molecule has 1 aliphatic rings. The molecule has 0 saturated carbocycles. The first-order chi connectivity index (χ1) is 9.25. The monoisotopic (exact) mass is 273 g/mol. The van der Waals surface area contributed by atoms with E-state index in [2.05, 4.69) is 5.32 Å². The quantitative estimate of drug-likeness (QED) is 0.856. The van der Waals surface area contributed by atoms with Gasteiger partial charge in [-0.25, -0.2) is 4.39 Å². The summed E-state index contributed by atoms with van der Waals surface area (Å²) in [4.78, 5) is 12.8. The molecule has 0 radical (unpaired) electrons. The van der Waals surface area contributed by atoms with Crippen LogP contribution in [0.15, 0.2) is 59.5 Å². The fourth-order valence-corrected chi connectivity index (χ4v) is 3.30. The van der Waals surface area contributed by atoms with E-state index in [1.165, 1.54) is 11.8 Å². The molecule has 0 spiro atoms. The molecule has 2 atom stereocenters. The molecular formula is C15H12FNOS. The smallest absolute Gasteiger partial charge is 0.260 e. The summed E-state index contributed by atoms with van der Waals surface area (Å²) < 4.78 is 14.3. The minimum Gasteiger partial charge on any atom is -0.322 e. The Kier molecular flexibility index (Phi) is 3.25. The molecule has 2 nitrogen and oxygen atoms in total. The molecule has 0 aliphatic carbocycles. The van der Waals surface area contributed by atoms with Crippen LogP contribution in [-0.4, -0.2) is 12.1 Å². The topological polar surface area (TPSA) is 29.1 Å². The predicted octanol–water partition coefficient (Wildman–Crippen LogP) is 3.81. The van der Waals surface area contributed by atoms with Crippen molar-refractivity contribution in [1.29, 1.82) is 0 Å². The second-order valence-electron chi connectivity index (χ2n) is 4.34. The van der Waals surface area contributed by atoms with Gasteiger partial charge in [0.2, 0.25) is 0 Å². The number of carbonyl (C=O) groups excluding carboxylic acids is 1. The van der Waals surface area contributed by atoms with Crippen molar-refractivity contribution in [3.63, 3.8) is 0 Å². The van der Waals surface area contributed by atoms with E-state index in [-0.39, 0.29) is 0 Å². The van der Waals surface area contributed by atoms with Crippen LogP contribution in [0.5, 0.6) is 0 Å². The fourth-order valence-electron chi connectivity index (χ4n) is 2.09. The van der Waals surface area contributed by atoms with Crippen LogP contribution in [0, 0.1) is 0 Å². The van der Waals surface area contributed by atoms with Crippen LogP contribution in [0.25, 0.3) is 0 Å². The molecule has 0 unspecified atom stereocenters. The van der Waals surface area contributed by atoms with Crippen LogP contribution in [0.3, 0.4) is 0 Å². The van der Waals surface area contributed by atoms with Gasteiger partial charge >= 0.3 is 0 Å². The first kappa shape index (κ1) is 12.2. The van der Waals surface area contributed by atoms with E-state index in [4.69, 9.17) is 0 Å². The fraction of sp³-hybridized carbons (Fsp3) is 0.133. The zero-order valence-electron chi connectivity index (χ0n) is 10.0. The SMILES string of the molecule is O=C1Nc2ccccc2S[C@H](c2ccccc2)[C@H]1F. The number of anilines is 1. The van der Waals surface area contributed by atoms with Crippen LogP contribution >= 0.6 is 11.8 Å². The van der Waals surface area contributed by atoms with E-state index >= 15 is 0 Å². The minimum absolute atomic E-state index is 0.509. The third kappa shape index (κ3) is 2.36. The number of nitrogens with one attached hydrogen (secondary N) is 1. The molecule has 0 aromatic heterocycles. The number of amides is 1. The van der Waals surface area contributed by atoms with Crippen LogP contribution in [-0.2, 0) is 4.79 Å². The number of halogens is 1. The standard InChI is InChI=1S/C15H12FNOS/c16-13-14(10-6-2-1-3-7-10)19-12-9-5-4-8-11(12)17-15(13)18/h1-9,13-14H,(H,17,18)/t13-,14-/m1/s1. The number of para-hydroxylation sites is 1. The van der Waals surface area contributed by atoms with Gasteiger partial charge in [0.25, 0.3) is 5.91 Å². The highest BCUT2D eigenvalue weighted by molar-refractivity contribution is 7.99. The van der Waals surface area contributed by atoms with Crippen molar-refractivity contribution in [1.82, 2.24) is 0 Å². The number of fused-ring (bicyclic) bond motifs is 1. The molecule has 0 fully saturated rings. The Balaban J connectivity index is 2.03. The van der Waals surface area contributed by atoms with Crippen LogP contribution in [0.1, 0.15) is 10.8 Å². The number of hydrogen-bond donors (Lipinski definition) is 1. The maximum atomic E-state index is 14.3. The van der Waals surface area contributed by atoms with Crippen LogP contribution in [0.4, 0.5) is 10.1 Å². The maximum Gasteiger partial charge on any atom is 0.260 e. The Hall–Kier alpha value is -1.81. The lowest BCUT2D eigenvalue weighted by Gasteiger charge is -2.16. The van der Waals surface area contributed by atoms with Crippen molar-refractivity contribution >= 4 is 23.4 Å². The molecule has 0 saturated heterocycles. The van der Waals surface area contributed by atoms with Gasteiger partial charge in [-0.2, -0.15) is 0 Å². The van der Waals surface area contributed by atoms with E-state index in [0.717, 1.165) is 10.5 Å². The molecule has 1 amide bonds. The van der Waals surface area contributed by atoms with Gasteiger partial charge in [-0.05, 0) is 17.7 Å². The van der Waals surface area contributed by atoms with Gasteiger partial charge in [-0.15, -0.1) is 11.8 Å². The molecule has 3 rings (SSSR count). The van der Waals surface area contributed by atoms with Crippen molar-refractivity contribution < 1.29 is 9.18 Å². The lowest BCUT2D eigenvalue weighted by Crippen LogP contribution is -2.26. The average Bonchev–Trinajstić information content (AvgIpc) is 2.58. The molecule has 19 heavy (non-hydrogen) atoms. The zero-order chi connectivity index (χ0) is 13.2. The van der Waals surface area contributed by atoms with Gasteiger partial charge in [-0.1, -0.05) is 42.5 Å². The molecule has 96 valence electrons. The lowest BCUT2D eigenvalue weighted by molar-refractivity contribution is -0.120. The normalized spacial score (nSPS) is 22.3. The van der Waals surface area contributed by atoms with Gasteiger partial charge in [0.1, 0.15) is 0 Å². The van der Waals surface area contributed by atoms with E-state index in [1.807, 2.05) is 48.5 Å². The highest BCUT2D eigenvalue weighted by atomic mass is 32.2. The summed E-state index contributed by atoms with van der Waals surface area (Å²) in [6.07, 6.45) is -1.56. The summed E-state index contributed by atoms with van der Waals surface area (Å²) in [7, 11) is 0. The Morgan fingerprint density at radius 1 is 1.00 bits per heavy atom. The molecule has 4 heteroatoms. The van der Waals surface area contributed by atoms with E-state index in [9.17, 15) is 9.18 Å². The zero-order valence-corrected chi connectivity index (χ0v) is 10.9. The molecule has 0 bridgehead atoms. The summed E-state index contributed by atoms with van der Waals surface area (Å²) in [6.45, 7) is 0. The van der Waals surface area contributed by atoms with Gasteiger partial charge in [0, 0.05) is 4.90 Å². The summed E-state index contributed by atoms with van der Waals surface area (Å²) in [5.74, 6) is -0.577. The summed E-state index contributed by atoms with van der Waals surface area (Å²) >= 11 is 1.38. The first-order valence-corrected chi connectivity index (χ1v) is 6.89. The molecular weight excluding hydrogens is 261 g/mol. The van der Waals surface area contributed by atoms with Gasteiger partial charge in [0.05, 0.1) is 10.9 Å². The highest BCUT2D eigenvalue weighted by Gasteiger charge is 2.34. The molecule has 1 aliphatic heterocycles. The highest BCUT2D eigenvalue weighted by Crippen LogP contribution is 2.44. The van der Waals surface area contributed by atoms with Gasteiger partial charge < -0.3 is 5.32 Å². The van der Waals surface area contributed by atoms with Gasteiger partial charge in [0.15, 0.2) is 6.17 Å². The van der Waals surface area contributed by atoms with Crippen molar-refractivity contribution in [2.75, 3.05) is 5.32 Å². The van der Waals surface area contributed by atoms with Crippen molar-refractivity contribution in [3.05, 3.63) is 60.2 Å². The third-order valence-electron chi connectivity index (χ3n) is 3.04.